The number of hydrogen-bond donors (Lipinski definition) is 0. The third-order valence-corrected chi connectivity index (χ3v) is 4.24. The normalized spacial score (nSPS) is 15.3. The minimum absolute atomic E-state index is 0.0897. The highest BCUT2D eigenvalue weighted by Crippen LogP contribution is 2.20. The van der Waals surface area contributed by atoms with E-state index in [-0.39, 0.29) is 17.8 Å². The average molecular weight is 315 g/mol. The maximum Gasteiger partial charge on any atom is 0.309 e. The van der Waals surface area contributed by atoms with Gasteiger partial charge in [-0.1, -0.05) is 43.8 Å². The molecule has 0 atom stereocenters. The van der Waals surface area contributed by atoms with Gasteiger partial charge in [-0.2, -0.15) is 0 Å². The van der Waals surface area contributed by atoms with Crippen molar-refractivity contribution in [3.8, 4) is 0 Å². The molecular formula is C19H25NO3. The molecule has 0 N–H and O–H groups in total. The molecule has 0 radical (unpaired) electrons. The number of ether oxygens (including phenoxy) is 1. The average Bonchev–Trinajstić information content (AvgIpc) is 2.60. The van der Waals surface area contributed by atoms with Gasteiger partial charge in [-0.25, -0.2) is 0 Å². The molecule has 0 spiro atoms. The van der Waals surface area contributed by atoms with Crippen LogP contribution in [0.25, 0.3) is 6.08 Å². The Hall–Kier alpha value is -2.10. The maximum absolute atomic E-state index is 12.2. The number of piperidine rings is 1. The number of carbonyl (C=O) groups excluding carboxylic acids is 2. The Balaban J connectivity index is 1.76. The predicted molar refractivity (Wildman–Crippen MR) is 90.5 cm³/mol. The second-order valence-corrected chi connectivity index (χ2v) is 5.96. The number of rotatable bonds is 6. The molecule has 1 aliphatic rings. The lowest BCUT2D eigenvalue weighted by Crippen LogP contribution is -2.40. The summed E-state index contributed by atoms with van der Waals surface area (Å²) in [7, 11) is 0. The van der Waals surface area contributed by atoms with Crippen LogP contribution in [0.15, 0.2) is 30.8 Å². The first-order chi connectivity index (χ1) is 11.1. The topological polar surface area (TPSA) is 46.6 Å². The van der Waals surface area contributed by atoms with Crippen LogP contribution in [0, 0.1) is 5.92 Å². The molecule has 4 heteroatoms. The molecule has 1 amide bonds. The summed E-state index contributed by atoms with van der Waals surface area (Å²) in [5.74, 6) is -0.0462. The van der Waals surface area contributed by atoms with Crippen molar-refractivity contribution >= 4 is 18.0 Å². The smallest absolute Gasteiger partial charge is 0.309 e. The summed E-state index contributed by atoms with van der Waals surface area (Å²) in [5, 5.41) is 0. The van der Waals surface area contributed by atoms with E-state index in [1.54, 1.807) is 6.08 Å². The lowest BCUT2D eigenvalue weighted by molar-refractivity contribution is -0.153. The fourth-order valence-corrected chi connectivity index (χ4v) is 2.76. The van der Waals surface area contributed by atoms with Crippen molar-refractivity contribution in [1.82, 2.24) is 4.90 Å². The summed E-state index contributed by atoms with van der Waals surface area (Å²) in [5.41, 5.74) is 2.02. The summed E-state index contributed by atoms with van der Waals surface area (Å²) in [6.07, 6.45) is 4.64. The number of nitrogens with zero attached hydrogens (tertiary/aromatic N) is 1. The van der Waals surface area contributed by atoms with Gasteiger partial charge in [0.25, 0.3) is 0 Å². The zero-order valence-electron chi connectivity index (χ0n) is 13.8. The standard InChI is InChI=1S/C19H25NO3/c1-3-5-18(21)20-12-10-17(11-13-20)19(22)23-14-16-8-6-15(4-2)7-9-16/h4,6-9,17H,2-3,5,10-14H2,1H3. The molecule has 1 fully saturated rings. The molecule has 0 saturated carbocycles. The molecule has 4 nitrogen and oxygen atoms in total. The number of esters is 1. The van der Waals surface area contributed by atoms with Crippen molar-refractivity contribution in [2.45, 2.75) is 39.2 Å². The van der Waals surface area contributed by atoms with Gasteiger partial charge in [-0.3, -0.25) is 9.59 Å². The highest BCUT2D eigenvalue weighted by Gasteiger charge is 2.27. The van der Waals surface area contributed by atoms with Crippen LogP contribution in [-0.4, -0.2) is 29.9 Å². The Morgan fingerprint density at radius 1 is 1.26 bits per heavy atom. The van der Waals surface area contributed by atoms with Gasteiger partial charge in [0.1, 0.15) is 6.61 Å². The molecule has 1 aromatic rings. The second kappa shape index (κ2) is 8.51. The number of benzene rings is 1. The molecule has 1 saturated heterocycles. The van der Waals surface area contributed by atoms with E-state index in [9.17, 15) is 9.59 Å². The van der Waals surface area contributed by atoms with Crippen molar-refractivity contribution in [3.05, 3.63) is 42.0 Å². The first-order valence-corrected chi connectivity index (χ1v) is 8.29. The first kappa shape index (κ1) is 17.3. The lowest BCUT2D eigenvalue weighted by Gasteiger charge is -2.31. The SMILES string of the molecule is C=Cc1ccc(COC(=O)C2CCN(C(=O)CCC)CC2)cc1. The molecule has 0 bridgehead atoms. The van der Waals surface area contributed by atoms with E-state index in [2.05, 4.69) is 6.58 Å². The molecule has 0 aromatic heterocycles. The largest absolute Gasteiger partial charge is 0.461 e. The van der Waals surface area contributed by atoms with Crippen LogP contribution in [0.3, 0.4) is 0 Å². The first-order valence-electron chi connectivity index (χ1n) is 8.29. The summed E-state index contributed by atoms with van der Waals surface area (Å²) in [6.45, 7) is 7.33. The lowest BCUT2D eigenvalue weighted by atomic mass is 9.96. The number of amides is 1. The fraction of sp³-hybridized carbons (Fsp3) is 0.474. The zero-order valence-corrected chi connectivity index (χ0v) is 13.8. The fourth-order valence-electron chi connectivity index (χ4n) is 2.76. The van der Waals surface area contributed by atoms with E-state index >= 15 is 0 Å². The summed E-state index contributed by atoms with van der Waals surface area (Å²) < 4.78 is 5.42. The minimum atomic E-state index is -0.152. The summed E-state index contributed by atoms with van der Waals surface area (Å²) in [6, 6.07) is 7.79. The molecule has 0 aliphatic carbocycles. The van der Waals surface area contributed by atoms with Gasteiger partial charge in [0.2, 0.25) is 5.91 Å². The van der Waals surface area contributed by atoms with Gasteiger partial charge in [-0.05, 0) is 30.4 Å². The molecule has 2 rings (SSSR count). The Bertz CT molecular complexity index is 542. The van der Waals surface area contributed by atoms with Crippen molar-refractivity contribution in [2.24, 2.45) is 5.92 Å². The quantitative estimate of drug-likeness (QED) is 0.756. The Labute approximate surface area is 138 Å². The third-order valence-electron chi connectivity index (χ3n) is 4.24. The van der Waals surface area contributed by atoms with Gasteiger partial charge < -0.3 is 9.64 Å². The highest BCUT2D eigenvalue weighted by molar-refractivity contribution is 5.77. The number of carbonyl (C=O) groups is 2. The van der Waals surface area contributed by atoms with Gasteiger partial charge in [0.05, 0.1) is 5.92 Å². The number of hydrogen-bond acceptors (Lipinski definition) is 3. The van der Waals surface area contributed by atoms with Crippen LogP contribution in [0.4, 0.5) is 0 Å². The van der Waals surface area contributed by atoms with Crippen LogP contribution in [0.5, 0.6) is 0 Å². The molecule has 124 valence electrons. The molecule has 1 aromatic carbocycles. The van der Waals surface area contributed by atoms with Gasteiger partial charge in [0, 0.05) is 19.5 Å². The van der Waals surface area contributed by atoms with Gasteiger partial charge in [0.15, 0.2) is 0 Å². The van der Waals surface area contributed by atoms with E-state index in [1.807, 2.05) is 36.1 Å². The molecule has 1 aliphatic heterocycles. The van der Waals surface area contributed by atoms with E-state index in [4.69, 9.17) is 4.74 Å². The highest BCUT2D eigenvalue weighted by atomic mass is 16.5. The van der Waals surface area contributed by atoms with E-state index in [0.717, 1.165) is 17.5 Å². The zero-order chi connectivity index (χ0) is 16.7. The minimum Gasteiger partial charge on any atom is -0.461 e. The molecule has 23 heavy (non-hydrogen) atoms. The second-order valence-electron chi connectivity index (χ2n) is 5.96. The van der Waals surface area contributed by atoms with Gasteiger partial charge >= 0.3 is 5.97 Å². The Morgan fingerprint density at radius 2 is 1.91 bits per heavy atom. The van der Waals surface area contributed by atoms with Crippen molar-refractivity contribution in [2.75, 3.05) is 13.1 Å². The molecule has 1 heterocycles. The molecular weight excluding hydrogens is 290 g/mol. The third kappa shape index (κ3) is 4.95. The van der Waals surface area contributed by atoms with E-state index < -0.39 is 0 Å². The van der Waals surface area contributed by atoms with Crippen LogP contribution in [0.1, 0.15) is 43.7 Å². The maximum atomic E-state index is 12.2. The summed E-state index contributed by atoms with van der Waals surface area (Å²) >= 11 is 0. The summed E-state index contributed by atoms with van der Waals surface area (Å²) in [4.78, 5) is 25.9. The van der Waals surface area contributed by atoms with Crippen molar-refractivity contribution in [1.29, 1.82) is 0 Å². The Kier molecular flexibility index (Phi) is 6.39. The van der Waals surface area contributed by atoms with Gasteiger partial charge in [-0.15, -0.1) is 0 Å². The molecule has 0 unspecified atom stereocenters. The monoisotopic (exact) mass is 315 g/mol. The van der Waals surface area contributed by atoms with Crippen LogP contribution < -0.4 is 0 Å². The van der Waals surface area contributed by atoms with Crippen molar-refractivity contribution < 1.29 is 14.3 Å². The van der Waals surface area contributed by atoms with Crippen LogP contribution >= 0.6 is 0 Å². The number of likely N-dealkylation sites (tertiary alicyclic amines) is 1. The predicted octanol–water partition coefficient (Wildman–Crippen LogP) is 3.41. The van der Waals surface area contributed by atoms with Crippen molar-refractivity contribution in [3.63, 3.8) is 0 Å². The van der Waals surface area contributed by atoms with E-state index in [0.29, 0.717) is 39.0 Å². The van der Waals surface area contributed by atoms with Crippen LogP contribution in [0.2, 0.25) is 0 Å². The van der Waals surface area contributed by atoms with Crippen LogP contribution in [-0.2, 0) is 20.9 Å². The van der Waals surface area contributed by atoms with E-state index in [1.165, 1.54) is 0 Å². The Morgan fingerprint density at radius 3 is 2.48 bits per heavy atom.